The van der Waals surface area contributed by atoms with Crippen molar-refractivity contribution >= 4 is 0 Å². The Hall–Kier alpha value is -2.82. The molecule has 0 spiro atoms. The zero-order chi connectivity index (χ0) is 13.9. The van der Waals surface area contributed by atoms with Gasteiger partial charge < -0.3 is 4.74 Å². The predicted octanol–water partition coefficient (Wildman–Crippen LogP) is 2.24. The van der Waals surface area contributed by atoms with Gasteiger partial charge in [-0.15, -0.1) is 5.10 Å². The van der Waals surface area contributed by atoms with Crippen LogP contribution in [-0.2, 0) is 0 Å². The highest BCUT2D eigenvalue weighted by atomic mass is 16.5. The van der Waals surface area contributed by atoms with Crippen molar-refractivity contribution in [3.63, 3.8) is 0 Å². The number of aromatic nitrogens is 3. The summed E-state index contributed by atoms with van der Waals surface area (Å²) in [5, 5.41) is 4.33. The minimum atomic E-state index is -0.298. The van der Waals surface area contributed by atoms with Crippen molar-refractivity contribution < 1.29 is 4.74 Å². The van der Waals surface area contributed by atoms with E-state index in [4.69, 9.17) is 4.74 Å². The molecule has 1 N–H and O–H groups in total. The number of methoxy groups -OCH3 is 1. The molecule has 0 bridgehead atoms. The van der Waals surface area contributed by atoms with Gasteiger partial charge in [0, 0.05) is 5.56 Å². The Bertz CT molecular complexity index is 775. The number of nitrogens with zero attached hydrogens (tertiary/aromatic N) is 2. The van der Waals surface area contributed by atoms with E-state index in [0.29, 0.717) is 17.3 Å². The summed E-state index contributed by atoms with van der Waals surface area (Å²) in [5.41, 5.74) is 1.17. The van der Waals surface area contributed by atoms with Gasteiger partial charge in [-0.25, -0.2) is 4.79 Å². The largest absolute Gasteiger partial charge is 0.494 e. The summed E-state index contributed by atoms with van der Waals surface area (Å²) < 4.78 is 6.56. The Morgan fingerprint density at radius 2 is 1.75 bits per heavy atom. The third kappa shape index (κ3) is 2.09. The molecule has 0 aliphatic carbocycles. The molecule has 0 radical (unpaired) electrons. The third-order valence-corrected chi connectivity index (χ3v) is 2.98. The molecule has 1 aromatic heterocycles. The lowest BCUT2D eigenvalue weighted by Crippen LogP contribution is -2.16. The van der Waals surface area contributed by atoms with Crippen molar-refractivity contribution in [1.29, 1.82) is 0 Å². The standard InChI is InChI=1S/C15H13N3O2/c1-20-13-10-6-5-9-12(13)18-15(19)16-14(17-18)11-7-3-2-4-8-11/h2-10H,1H3,(H,16,17,19). The molecule has 0 saturated carbocycles. The number of H-pyrrole nitrogens is 1. The van der Waals surface area contributed by atoms with Gasteiger partial charge in [0.25, 0.3) is 0 Å². The van der Waals surface area contributed by atoms with Gasteiger partial charge in [0.15, 0.2) is 5.82 Å². The van der Waals surface area contributed by atoms with Crippen molar-refractivity contribution in [2.45, 2.75) is 0 Å². The van der Waals surface area contributed by atoms with Gasteiger partial charge in [-0.2, -0.15) is 4.68 Å². The second-order valence-electron chi connectivity index (χ2n) is 4.23. The van der Waals surface area contributed by atoms with E-state index in [2.05, 4.69) is 10.1 Å². The maximum absolute atomic E-state index is 12.1. The Kier molecular flexibility index (Phi) is 3.09. The van der Waals surface area contributed by atoms with Crippen LogP contribution in [0.3, 0.4) is 0 Å². The lowest BCUT2D eigenvalue weighted by molar-refractivity contribution is 0.411. The van der Waals surface area contributed by atoms with E-state index in [1.165, 1.54) is 4.68 Å². The van der Waals surface area contributed by atoms with Crippen molar-refractivity contribution in [3.05, 3.63) is 65.1 Å². The maximum Gasteiger partial charge on any atom is 0.348 e. The number of ether oxygens (including phenoxy) is 1. The Balaban J connectivity index is 2.13. The van der Waals surface area contributed by atoms with Crippen LogP contribution in [0.1, 0.15) is 0 Å². The average Bonchev–Trinajstić information content (AvgIpc) is 2.90. The maximum atomic E-state index is 12.1. The van der Waals surface area contributed by atoms with Crippen LogP contribution in [0.25, 0.3) is 17.1 Å². The summed E-state index contributed by atoms with van der Waals surface area (Å²) in [6.45, 7) is 0. The lowest BCUT2D eigenvalue weighted by atomic mass is 10.2. The first-order valence-corrected chi connectivity index (χ1v) is 6.18. The normalized spacial score (nSPS) is 10.4. The molecular weight excluding hydrogens is 254 g/mol. The molecule has 2 aromatic carbocycles. The van der Waals surface area contributed by atoms with Gasteiger partial charge in [0.05, 0.1) is 7.11 Å². The average molecular weight is 267 g/mol. The summed E-state index contributed by atoms with van der Waals surface area (Å²) in [6.07, 6.45) is 0. The highest BCUT2D eigenvalue weighted by molar-refractivity contribution is 5.54. The quantitative estimate of drug-likeness (QED) is 0.791. The molecular formula is C15H13N3O2. The fourth-order valence-corrected chi connectivity index (χ4v) is 2.02. The molecule has 0 unspecified atom stereocenters. The highest BCUT2D eigenvalue weighted by Crippen LogP contribution is 2.21. The molecule has 3 aromatic rings. The summed E-state index contributed by atoms with van der Waals surface area (Å²) in [4.78, 5) is 14.8. The van der Waals surface area contributed by atoms with Crippen LogP contribution < -0.4 is 10.4 Å². The molecule has 0 saturated heterocycles. The highest BCUT2D eigenvalue weighted by Gasteiger charge is 2.11. The molecule has 0 amide bonds. The number of nitrogens with one attached hydrogen (secondary N) is 1. The van der Waals surface area contributed by atoms with Crippen LogP contribution in [-0.4, -0.2) is 21.9 Å². The van der Waals surface area contributed by atoms with E-state index in [9.17, 15) is 4.79 Å². The van der Waals surface area contributed by atoms with Gasteiger partial charge >= 0.3 is 5.69 Å². The summed E-state index contributed by atoms with van der Waals surface area (Å²) in [6, 6.07) is 16.8. The lowest BCUT2D eigenvalue weighted by Gasteiger charge is -2.05. The molecule has 0 aliphatic rings. The van der Waals surface area contributed by atoms with Crippen molar-refractivity contribution in [2.75, 3.05) is 7.11 Å². The van der Waals surface area contributed by atoms with Crippen LogP contribution in [0.4, 0.5) is 0 Å². The molecule has 0 aliphatic heterocycles. The van der Waals surface area contributed by atoms with Crippen molar-refractivity contribution in [2.24, 2.45) is 0 Å². The number of rotatable bonds is 3. The van der Waals surface area contributed by atoms with Crippen molar-refractivity contribution in [1.82, 2.24) is 14.8 Å². The molecule has 100 valence electrons. The van der Waals surface area contributed by atoms with Crippen LogP contribution >= 0.6 is 0 Å². The molecule has 5 heteroatoms. The minimum Gasteiger partial charge on any atom is -0.494 e. The summed E-state index contributed by atoms with van der Waals surface area (Å²) in [5.74, 6) is 1.13. The monoisotopic (exact) mass is 267 g/mol. The van der Waals surface area contributed by atoms with Gasteiger partial charge in [-0.3, -0.25) is 4.98 Å². The van der Waals surface area contributed by atoms with Gasteiger partial charge in [0.2, 0.25) is 0 Å². The third-order valence-electron chi connectivity index (χ3n) is 2.98. The van der Waals surface area contributed by atoms with E-state index in [1.807, 2.05) is 42.5 Å². The van der Waals surface area contributed by atoms with E-state index in [0.717, 1.165) is 5.56 Å². The van der Waals surface area contributed by atoms with Gasteiger partial charge in [0.1, 0.15) is 11.4 Å². The van der Waals surface area contributed by atoms with Crippen LogP contribution in [0.5, 0.6) is 5.75 Å². The zero-order valence-corrected chi connectivity index (χ0v) is 10.9. The van der Waals surface area contributed by atoms with Gasteiger partial charge in [-0.05, 0) is 12.1 Å². The van der Waals surface area contributed by atoms with Crippen LogP contribution in [0, 0.1) is 0 Å². The first-order valence-electron chi connectivity index (χ1n) is 6.18. The number of hydrogen-bond acceptors (Lipinski definition) is 3. The molecule has 3 rings (SSSR count). The van der Waals surface area contributed by atoms with E-state index < -0.39 is 0 Å². The van der Waals surface area contributed by atoms with Crippen LogP contribution in [0.2, 0.25) is 0 Å². The molecule has 0 fully saturated rings. The second kappa shape index (κ2) is 5.05. The number of hydrogen-bond donors (Lipinski definition) is 1. The zero-order valence-electron chi connectivity index (χ0n) is 10.9. The Morgan fingerprint density at radius 1 is 1.05 bits per heavy atom. The molecule has 0 atom stereocenters. The second-order valence-corrected chi connectivity index (χ2v) is 4.23. The van der Waals surface area contributed by atoms with E-state index >= 15 is 0 Å². The number of benzene rings is 2. The number of para-hydroxylation sites is 2. The smallest absolute Gasteiger partial charge is 0.348 e. The molecule has 1 heterocycles. The Labute approximate surface area is 115 Å². The number of aromatic amines is 1. The molecule has 20 heavy (non-hydrogen) atoms. The van der Waals surface area contributed by atoms with E-state index in [-0.39, 0.29) is 5.69 Å². The fraction of sp³-hybridized carbons (Fsp3) is 0.0667. The summed E-state index contributed by atoms with van der Waals surface area (Å²) >= 11 is 0. The topological polar surface area (TPSA) is 59.9 Å². The Morgan fingerprint density at radius 3 is 2.50 bits per heavy atom. The predicted molar refractivity (Wildman–Crippen MR) is 76.2 cm³/mol. The first-order chi connectivity index (χ1) is 9.79. The SMILES string of the molecule is COc1ccccc1-n1nc(-c2ccccc2)[nH]c1=O. The fourth-order valence-electron chi connectivity index (χ4n) is 2.02. The minimum absolute atomic E-state index is 0.298. The summed E-state index contributed by atoms with van der Waals surface area (Å²) in [7, 11) is 1.56. The van der Waals surface area contributed by atoms with E-state index in [1.54, 1.807) is 19.2 Å². The van der Waals surface area contributed by atoms with Crippen LogP contribution in [0.15, 0.2) is 59.4 Å². The molecule has 5 nitrogen and oxygen atoms in total. The van der Waals surface area contributed by atoms with Crippen molar-refractivity contribution in [3.8, 4) is 22.8 Å². The first kappa shape index (κ1) is 12.2. The van der Waals surface area contributed by atoms with Gasteiger partial charge in [-0.1, -0.05) is 42.5 Å².